The molecule has 5 heteroatoms. The lowest BCUT2D eigenvalue weighted by molar-refractivity contribution is 0.100. The van der Waals surface area contributed by atoms with Gasteiger partial charge in [-0.2, -0.15) is 0 Å². The Labute approximate surface area is 117 Å². The van der Waals surface area contributed by atoms with Gasteiger partial charge >= 0.3 is 0 Å². The first-order valence-electron chi connectivity index (χ1n) is 6.74. The van der Waals surface area contributed by atoms with E-state index in [1.54, 1.807) is 12.1 Å². The molecule has 1 aromatic rings. The summed E-state index contributed by atoms with van der Waals surface area (Å²) in [4.78, 5) is 13.8. The van der Waals surface area contributed by atoms with E-state index in [0.717, 1.165) is 25.2 Å². The number of benzene rings is 1. The molecule has 0 aromatic heterocycles. The molecular weight excluding hydrogens is 262 g/mol. The van der Waals surface area contributed by atoms with Gasteiger partial charge in [0, 0.05) is 30.2 Å². The maximum absolute atomic E-state index is 11.6. The zero-order valence-electron chi connectivity index (χ0n) is 10.7. The van der Waals surface area contributed by atoms with Gasteiger partial charge in [0.15, 0.2) is 0 Å². The number of fused-ring (bicyclic) bond motifs is 2. The van der Waals surface area contributed by atoms with Crippen LogP contribution in [0.2, 0.25) is 5.02 Å². The molecule has 0 aliphatic carbocycles. The molecule has 0 saturated carbocycles. The van der Waals surface area contributed by atoms with E-state index in [1.807, 2.05) is 6.07 Å². The van der Waals surface area contributed by atoms with Crippen LogP contribution < -0.4 is 16.0 Å². The molecule has 2 unspecified atom stereocenters. The zero-order chi connectivity index (χ0) is 13.4. The summed E-state index contributed by atoms with van der Waals surface area (Å²) in [5.41, 5.74) is 6.89. The molecular formula is C14H18ClN3O. The van der Waals surface area contributed by atoms with E-state index >= 15 is 0 Å². The number of hydrogen-bond acceptors (Lipinski definition) is 3. The summed E-state index contributed by atoms with van der Waals surface area (Å²) in [7, 11) is 0. The number of nitrogens with zero attached hydrogens (tertiary/aromatic N) is 1. The molecule has 1 aromatic carbocycles. The van der Waals surface area contributed by atoms with Crippen LogP contribution in [0.25, 0.3) is 0 Å². The Morgan fingerprint density at radius 3 is 2.89 bits per heavy atom. The van der Waals surface area contributed by atoms with Gasteiger partial charge < -0.3 is 16.0 Å². The fraction of sp³-hybridized carbons (Fsp3) is 0.500. The third-order valence-corrected chi connectivity index (χ3v) is 4.32. The molecule has 3 rings (SSSR count). The highest BCUT2D eigenvalue weighted by molar-refractivity contribution is 6.31. The van der Waals surface area contributed by atoms with Crippen molar-refractivity contribution < 1.29 is 4.79 Å². The summed E-state index contributed by atoms with van der Waals surface area (Å²) in [5.74, 6) is -0.394. The number of rotatable bonds is 2. The Morgan fingerprint density at radius 1 is 1.32 bits per heavy atom. The van der Waals surface area contributed by atoms with E-state index in [-0.39, 0.29) is 0 Å². The molecule has 2 aliphatic rings. The van der Waals surface area contributed by atoms with Gasteiger partial charge in [0.25, 0.3) is 5.91 Å². The van der Waals surface area contributed by atoms with Gasteiger partial charge in [-0.05, 0) is 37.5 Å². The predicted octanol–water partition coefficient (Wildman–Crippen LogP) is 1.77. The molecule has 3 N–H and O–H groups in total. The van der Waals surface area contributed by atoms with Gasteiger partial charge in [0.1, 0.15) is 0 Å². The lowest BCUT2D eigenvalue weighted by Crippen LogP contribution is -2.36. The van der Waals surface area contributed by atoms with E-state index in [0.29, 0.717) is 22.7 Å². The summed E-state index contributed by atoms with van der Waals surface area (Å²) >= 11 is 6.07. The van der Waals surface area contributed by atoms with Crippen molar-refractivity contribution in [2.75, 3.05) is 18.0 Å². The smallest absolute Gasteiger partial charge is 0.250 e. The van der Waals surface area contributed by atoms with Gasteiger partial charge in [0.05, 0.1) is 11.3 Å². The maximum atomic E-state index is 11.6. The molecule has 4 nitrogen and oxygen atoms in total. The van der Waals surface area contributed by atoms with E-state index in [1.165, 1.54) is 12.8 Å². The number of hydrogen-bond donors (Lipinski definition) is 2. The number of halogens is 1. The first-order chi connectivity index (χ1) is 9.13. The number of carbonyl (C=O) groups excluding carboxylic acids is 1. The first kappa shape index (κ1) is 12.8. The molecule has 2 aliphatic heterocycles. The monoisotopic (exact) mass is 279 g/mol. The number of nitrogens with one attached hydrogen (secondary N) is 1. The quantitative estimate of drug-likeness (QED) is 0.867. The van der Waals surface area contributed by atoms with Crippen LogP contribution in [-0.2, 0) is 0 Å². The Hall–Kier alpha value is -1.26. The average Bonchev–Trinajstić information content (AvgIpc) is 2.68. The molecule has 0 radical (unpaired) electrons. The molecule has 102 valence electrons. The summed E-state index contributed by atoms with van der Waals surface area (Å²) in [6, 6.07) is 6.41. The van der Waals surface area contributed by atoms with Crippen molar-refractivity contribution in [1.29, 1.82) is 0 Å². The van der Waals surface area contributed by atoms with Crippen LogP contribution in [-0.4, -0.2) is 31.1 Å². The summed E-state index contributed by atoms with van der Waals surface area (Å²) in [6.07, 6.45) is 3.56. The summed E-state index contributed by atoms with van der Waals surface area (Å²) in [5, 5.41) is 4.27. The normalized spacial score (nSPS) is 26.3. The Bertz CT molecular complexity index is 505. The van der Waals surface area contributed by atoms with Crippen LogP contribution in [0.5, 0.6) is 0 Å². The second-order valence-electron chi connectivity index (χ2n) is 5.40. The fourth-order valence-corrected chi connectivity index (χ4v) is 3.30. The third kappa shape index (κ3) is 2.55. The fourth-order valence-electron chi connectivity index (χ4n) is 3.14. The minimum Gasteiger partial charge on any atom is -0.369 e. The highest BCUT2D eigenvalue weighted by Crippen LogP contribution is 2.29. The van der Waals surface area contributed by atoms with Crippen molar-refractivity contribution in [3.63, 3.8) is 0 Å². The molecule has 2 bridgehead atoms. The van der Waals surface area contributed by atoms with E-state index in [4.69, 9.17) is 17.3 Å². The first-order valence-corrected chi connectivity index (χ1v) is 7.11. The number of primary amides is 1. The van der Waals surface area contributed by atoms with Gasteiger partial charge in [0.2, 0.25) is 0 Å². The maximum Gasteiger partial charge on any atom is 0.250 e. The van der Waals surface area contributed by atoms with Gasteiger partial charge in [-0.15, -0.1) is 0 Å². The highest BCUT2D eigenvalue weighted by atomic mass is 35.5. The van der Waals surface area contributed by atoms with Crippen molar-refractivity contribution in [2.45, 2.75) is 31.3 Å². The standard InChI is InChI=1S/C14H18ClN3O/c15-9-1-4-12(14(16)19)13(7-9)18-6-5-10-2-3-11(8-18)17-10/h1,4,7,10-11,17H,2-3,5-6,8H2,(H2,16,19). The van der Waals surface area contributed by atoms with Gasteiger partial charge in [-0.25, -0.2) is 0 Å². The van der Waals surface area contributed by atoms with E-state index < -0.39 is 5.91 Å². The van der Waals surface area contributed by atoms with Crippen molar-refractivity contribution in [3.05, 3.63) is 28.8 Å². The SMILES string of the molecule is NC(=O)c1ccc(Cl)cc1N1CCC2CCC(C1)N2. The number of anilines is 1. The molecule has 2 heterocycles. The highest BCUT2D eigenvalue weighted by Gasteiger charge is 2.30. The van der Waals surface area contributed by atoms with Crippen LogP contribution in [0.15, 0.2) is 18.2 Å². The van der Waals surface area contributed by atoms with Gasteiger partial charge in [-0.3, -0.25) is 4.79 Å². The molecule has 2 fully saturated rings. The van der Waals surface area contributed by atoms with Crippen LogP contribution >= 0.6 is 11.6 Å². The second-order valence-corrected chi connectivity index (χ2v) is 5.83. The molecule has 0 spiro atoms. The van der Waals surface area contributed by atoms with Crippen LogP contribution in [0.4, 0.5) is 5.69 Å². The van der Waals surface area contributed by atoms with Gasteiger partial charge in [-0.1, -0.05) is 11.6 Å². The Morgan fingerprint density at radius 2 is 2.11 bits per heavy atom. The number of carbonyl (C=O) groups is 1. The second kappa shape index (κ2) is 5.02. The number of amides is 1. The average molecular weight is 280 g/mol. The largest absolute Gasteiger partial charge is 0.369 e. The summed E-state index contributed by atoms with van der Waals surface area (Å²) in [6.45, 7) is 1.85. The lowest BCUT2D eigenvalue weighted by atomic mass is 10.1. The lowest BCUT2D eigenvalue weighted by Gasteiger charge is -2.28. The zero-order valence-corrected chi connectivity index (χ0v) is 11.5. The third-order valence-electron chi connectivity index (χ3n) is 4.09. The molecule has 2 atom stereocenters. The minimum absolute atomic E-state index is 0.394. The van der Waals surface area contributed by atoms with Crippen molar-refractivity contribution >= 4 is 23.2 Å². The minimum atomic E-state index is -0.394. The van der Waals surface area contributed by atoms with Crippen LogP contribution in [0.3, 0.4) is 0 Å². The Kier molecular flexibility index (Phi) is 3.37. The molecule has 19 heavy (non-hydrogen) atoms. The summed E-state index contributed by atoms with van der Waals surface area (Å²) < 4.78 is 0. The van der Waals surface area contributed by atoms with Crippen molar-refractivity contribution in [3.8, 4) is 0 Å². The molecule has 1 amide bonds. The Balaban J connectivity index is 1.92. The van der Waals surface area contributed by atoms with Crippen molar-refractivity contribution in [2.24, 2.45) is 5.73 Å². The topological polar surface area (TPSA) is 58.4 Å². The predicted molar refractivity (Wildman–Crippen MR) is 76.7 cm³/mol. The van der Waals surface area contributed by atoms with Crippen LogP contribution in [0.1, 0.15) is 29.6 Å². The van der Waals surface area contributed by atoms with Crippen LogP contribution in [0, 0.1) is 0 Å². The molecule has 2 saturated heterocycles. The number of nitrogens with two attached hydrogens (primary N) is 1. The van der Waals surface area contributed by atoms with Crippen molar-refractivity contribution in [1.82, 2.24) is 5.32 Å². The van der Waals surface area contributed by atoms with E-state index in [9.17, 15) is 4.79 Å². The van der Waals surface area contributed by atoms with E-state index in [2.05, 4.69) is 10.2 Å².